The van der Waals surface area contributed by atoms with Crippen molar-refractivity contribution in [2.45, 2.75) is 99.2 Å². The molecule has 0 saturated heterocycles. The first kappa shape index (κ1) is 21.2. The van der Waals surface area contributed by atoms with Crippen molar-refractivity contribution in [2.75, 3.05) is 6.54 Å². The number of hydrogen-bond acceptors (Lipinski definition) is 2. The molecule has 19 heavy (non-hydrogen) atoms. The Morgan fingerprint density at radius 1 is 0.684 bits per heavy atom. The van der Waals surface area contributed by atoms with E-state index in [9.17, 15) is 0 Å². The molecule has 2 nitrogen and oxygen atoms in total. The van der Waals surface area contributed by atoms with Gasteiger partial charge in [-0.15, -0.1) is 0 Å². The maximum Gasteiger partial charge on any atom is 0.00641 e. The molecule has 2 N–H and O–H groups in total. The van der Waals surface area contributed by atoms with Gasteiger partial charge in [0.15, 0.2) is 0 Å². The lowest BCUT2D eigenvalue weighted by Crippen LogP contribution is -2.33. The van der Waals surface area contributed by atoms with Crippen molar-refractivity contribution in [3.63, 3.8) is 0 Å². The average Bonchev–Trinajstić information content (AvgIpc) is 2.37. The fraction of sp³-hybridized carbons (Fsp3) is 1.00. The van der Waals surface area contributed by atoms with Gasteiger partial charge < -0.3 is 10.6 Å². The van der Waals surface area contributed by atoms with Gasteiger partial charge in [-0.25, -0.2) is 0 Å². The SMILES string of the molecule is CCC(CC)CNC(C)C.CCC(CC)NC(C)C. The molecule has 0 aliphatic rings. The molecule has 0 radical (unpaired) electrons. The highest BCUT2D eigenvalue weighted by atomic mass is 14.9. The molecule has 0 saturated carbocycles. The Morgan fingerprint density at radius 3 is 1.37 bits per heavy atom. The Labute approximate surface area is 123 Å². The summed E-state index contributed by atoms with van der Waals surface area (Å²) < 4.78 is 0. The third kappa shape index (κ3) is 15.9. The second-order valence-corrected chi connectivity index (χ2v) is 6.08. The molecule has 0 unspecified atom stereocenters. The van der Waals surface area contributed by atoms with Gasteiger partial charge in [-0.2, -0.15) is 0 Å². The van der Waals surface area contributed by atoms with Crippen LogP contribution in [0.2, 0.25) is 0 Å². The molecular weight excluding hydrogens is 232 g/mol. The lowest BCUT2D eigenvalue weighted by atomic mass is 10.0. The highest BCUT2D eigenvalue weighted by molar-refractivity contribution is 4.64. The summed E-state index contributed by atoms with van der Waals surface area (Å²) in [5.41, 5.74) is 0. The van der Waals surface area contributed by atoms with Crippen molar-refractivity contribution < 1.29 is 0 Å². The van der Waals surface area contributed by atoms with E-state index in [1.807, 2.05) is 0 Å². The first-order valence-corrected chi connectivity index (χ1v) is 8.40. The molecule has 0 aromatic carbocycles. The van der Waals surface area contributed by atoms with Crippen molar-refractivity contribution in [1.82, 2.24) is 10.6 Å². The summed E-state index contributed by atoms with van der Waals surface area (Å²) in [7, 11) is 0. The number of hydrogen-bond donors (Lipinski definition) is 2. The van der Waals surface area contributed by atoms with Gasteiger partial charge in [-0.1, -0.05) is 68.2 Å². The van der Waals surface area contributed by atoms with E-state index in [2.05, 4.69) is 66.0 Å². The van der Waals surface area contributed by atoms with E-state index < -0.39 is 0 Å². The number of rotatable bonds is 9. The molecule has 0 amide bonds. The topological polar surface area (TPSA) is 24.1 Å². The monoisotopic (exact) mass is 272 g/mol. The standard InChI is InChI=1S/C9H21N.C8H19N/c1-5-9(6-2)7-10-8(3)4;1-5-8(6-2)9-7(3)4/h8-10H,5-7H2,1-4H3;7-9H,5-6H2,1-4H3. The van der Waals surface area contributed by atoms with Crippen molar-refractivity contribution in [1.29, 1.82) is 0 Å². The Hall–Kier alpha value is -0.0800. The number of nitrogens with one attached hydrogen (secondary N) is 2. The van der Waals surface area contributed by atoms with Crippen LogP contribution in [-0.2, 0) is 0 Å². The average molecular weight is 273 g/mol. The fourth-order valence-electron chi connectivity index (χ4n) is 1.98. The molecule has 0 atom stereocenters. The smallest absolute Gasteiger partial charge is 0.00641 e. The summed E-state index contributed by atoms with van der Waals surface area (Å²) in [5, 5.41) is 6.93. The summed E-state index contributed by atoms with van der Waals surface area (Å²) in [6.45, 7) is 18.9. The van der Waals surface area contributed by atoms with Crippen LogP contribution >= 0.6 is 0 Å². The van der Waals surface area contributed by atoms with Crippen LogP contribution in [0.3, 0.4) is 0 Å². The molecule has 0 aliphatic heterocycles. The van der Waals surface area contributed by atoms with Gasteiger partial charge in [0.1, 0.15) is 0 Å². The van der Waals surface area contributed by atoms with E-state index in [1.54, 1.807) is 0 Å². The zero-order valence-corrected chi connectivity index (χ0v) is 14.8. The largest absolute Gasteiger partial charge is 0.314 e. The Morgan fingerprint density at radius 2 is 1.16 bits per heavy atom. The molecular formula is C17H40N2. The van der Waals surface area contributed by atoms with Crippen molar-refractivity contribution >= 4 is 0 Å². The van der Waals surface area contributed by atoms with Crippen LogP contribution in [0.15, 0.2) is 0 Å². The second-order valence-electron chi connectivity index (χ2n) is 6.08. The molecule has 0 aromatic heterocycles. The maximum atomic E-state index is 3.48. The Bertz CT molecular complexity index is 159. The summed E-state index contributed by atoms with van der Waals surface area (Å²) in [6, 6.07) is 2.00. The van der Waals surface area contributed by atoms with E-state index in [0.29, 0.717) is 12.1 Å². The van der Waals surface area contributed by atoms with Crippen LogP contribution in [0.4, 0.5) is 0 Å². The predicted molar refractivity (Wildman–Crippen MR) is 89.9 cm³/mol. The minimum absolute atomic E-state index is 0.634. The maximum absolute atomic E-state index is 3.48. The summed E-state index contributed by atoms with van der Waals surface area (Å²) >= 11 is 0. The van der Waals surface area contributed by atoms with Crippen molar-refractivity contribution in [3.8, 4) is 0 Å². The van der Waals surface area contributed by atoms with Gasteiger partial charge in [0, 0.05) is 18.1 Å². The Kier molecular flexibility index (Phi) is 16.0. The van der Waals surface area contributed by atoms with Crippen LogP contribution in [-0.4, -0.2) is 24.7 Å². The highest BCUT2D eigenvalue weighted by Crippen LogP contribution is 2.05. The molecule has 118 valence electrons. The molecule has 0 bridgehead atoms. The van der Waals surface area contributed by atoms with Crippen LogP contribution in [0.25, 0.3) is 0 Å². The second kappa shape index (κ2) is 14.3. The van der Waals surface area contributed by atoms with Gasteiger partial charge in [-0.05, 0) is 25.3 Å². The van der Waals surface area contributed by atoms with Gasteiger partial charge in [0.05, 0.1) is 0 Å². The molecule has 0 aliphatic carbocycles. The third-order valence-corrected chi connectivity index (χ3v) is 3.52. The predicted octanol–water partition coefficient (Wildman–Crippen LogP) is 4.59. The van der Waals surface area contributed by atoms with E-state index in [-0.39, 0.29) is 0 Å². The lowest BCUT2D eigenvalue weighted by Gasteiger charge is -2.17. The summed E-state index contributed by atoms with van der Waals surface area (Å²) in [6.07, 6.45) is 5.09. The Balaban J connectivity index is 0. The first-order chi connectivity index (χ1) is 8.90. The zero-order chi connectivity index (χ0) is 15.3. The van der Waals surface area contributed by atoms with Crippen molar-refractivity contribution in [2.24, 2.45) is 5.92 Å². The molecule has 2 heteroatoms. The summed E-state index contributed by atoms with van der Waals surface area (Å²) in [4.78, 5) is 0. The molecule has 0 aromatic rings. The zero-order valence-electron chi connectivity index (χ0n) is 14.8. The van der Waals surface area contributed by atoms with Crippen LogP contribution in [0.5, 0.6) is 0 Å². The van der Waals surface area contributed by atoms with Gasteiger partial charge >= 0.3 is 0 Å². The van der Waals surface area contributed by atoms with Crippen LogP contribution < -0.4 is 10.6 Å². The van der Waals surface area contributed by atoms with E-state index in [0.717, 1.165) is 12.0 Å². The van der Waals surface area contributed by atoms with E-state index >= 15 is 0 Å². The molecule has 0 rings (SSSR count). The molecule has 0 fully saturated rings. The van der Waals surface area contributed by atoms with E-state index in [1.165, 1.54) is 32.2 Å². The fourth-order valence-corrected chi connectivity index (χ4v) is 1.98. The minimum Gasteiger partial charge on any atom is -0.314 e. The van der Waals surface area contributed by atoms with Crippen LogP contribution in [0.1, 0.15) is 81.1 Å². The van der Waals surface area contributed by atoms with Crippen LogP contribution in [0, 0.1) is 5.92 Å². The quantitative estimate of drug-likeness (QED) is 0.641. The third-order valence-electron chi connectivity index (χ3n) is 3.52. The summed E-state index contributed by atoms with van der Waals surface area (Å²) in [5.74, 6) is 0.877. The minimum atomic E-state index is 0.634. The lowest BCUT2D eigenvalue weighted by molar-refractivity contribution is 0.427. The normalized spacial score (nSPS) is 11.4. The molecule has 0 spiro atoms. The highest BCUT2D eigenvalue weighted by Gasteiger charge is 2.03. The van der Waals surface area contributed by atoms with Crippen molar-refractivity contribution in [3.05, 3.63) is 0 Å². The van der Waals surface area contributed by atoms with Gasteiger partial charge in [0.25, 0.3) is 0 Å². The van der Waals surface area contributed by atoms with Gasteiger partial charge in [0.2, 0.25) is 0 Å². The molecule has 0 heterocycles. The van der Waals surface area contributed by atoms with Gasteiger partial charge in [-0.3, -0.25) is 0 Å². The van der Waals surface area contributed by atoms with E-state index in [4.69, 9.17) is 0 Å². The first-order valence-electron chi connectivity index (χ1n) is 8.40.